The molecule has 0 bridgehead atoms. The third-order valence-electron chi connectivity index (χ3n) is 5.73. The molecule has 32 heavy (non-hydrogen) atoms. The molecule has 1 saturated heterocycles. The molecule has 1 N–H and O–H groups in total. The van der Waals surface area contributed by atoms with Crippen molar-refractivity contribution in [2.24, 2.45) is 0 Å². The molecule has 0 aliphatic carbocycles. The van der Waals surface area contributed by atoms with E-state index < -0.39 is 0 Å². The smallest absolute Gasteiger partial charge is 0.286 e. The zero-order chi connectivity index (χ0) is 22.1. The topological polar surface area (TPSA) is 93.7 Å². The summed E-state index contributed by atoms with van der Waals surface area (Å²) in [7, 11) is 0. The number of nitrogens with one attached hydrogen (secondary N) is 1. The Kier molecular flexibility index (Phi) is 5.48. The van der Waals surface area contributed by atoms with Crippen LogP contribution in [0.25, 0.3) is 0 Å². The Bertz CT molecular complexity index is 1180. The lowest BCUT2D eigenvalue weighted by atomic mass is 10.1. The number of carbonyl (C=O) groups is 2. The second-order valence-corrected chi connectivity index (χ2v) is 8.83. The van der Waals surface area contributed by atoms with E-state index in [9.17, 15) is 9.59 Å². The lowest BCUT2D eigenvalue weighted by molar-refractivity contribution is -0.131. The van der Waals surface area contributed by atoms with Crippen LogP contribution in [-0.4, -0.2) is 40.2 Å². The first-order valence-electron chi connectivity index (χ1n) is 10.5. The lowest BCUT2D eigenvalue weighted by Crippen LogP contribution is -2.32. The van der Waals surface area contributed by atoms with Crippen LogP contribution < -0.4 is 14.8 Å². The summed E-state index contributed by atoms with van der Waals surface area (Å²) in [4.78, 5) is 27.6. The van der Waals surface area contributed by atoms with Gasteiger partial charge in [-0.15, -0.1) is 10.2 Å². The van der Waals surface area contributed by atoms with Crippen LogP contribution in [0.15, 0.2) is 42.5 Å². The first-order chi connectivity index (χ1) is 15.6. The largest absolute Gasteiger partial charge is 0.454 e. The monoisotopic (exact) mass is 450 g/mol. The summed E-state index contributed by atoms with van der Waals surface area (Å²) in [6, 6.07) is 13.0. The van der Waals surface area contributed by atoms with E-state index >= 15 is 0 Å². The summed E-state index contributed by atoms with van der Waals surface area (Å²) < 4.78 is 10.6. The van der Waals surface area contributed by atoms with Crippen molar-refractivity contribution in [3.63, 3.8) is 0 Å². The van der Waals surface area contributed by atoms with Gasteiger partial charge in [-0.1, -0.05) is 35.6 Å². The summed E-state index contributed by atoms with van der Waals surface area (Å²) >= 11 is 1.23. The minimum absolute atomic E-state index is 0.0726. The first-order valence-corrected chi connectivity index (χ1v) is 11.3. The fraction of sp³-hybridized carbons (Fsp3) is 0.304. The van der Waals surface area contributed by atoms with Gasteiger partial charge < -0.3 is 19.7 Å². The second kappa shape index (κ2) is 8.58. The van der Waals surface area contributed by atoms with Crippen LogP contribution in [0.2, 0.25) is 0 Å². The van der Waals surface area contributed by atoms with Gasteiger partial charge in [-0.2, -0.15) is 0 Å². The normalized spacial score (nSPS) is 16.9. The number of hydrogen-bond donors (Lipinski definition) is 1. The fourth-order valence-corrected chi connectivity index (χ4v) is 4.90. The molecule has 2 aliphatic rings. The Hall–Kier alpha value is -3.46. The molecule has 3 aromatic rings. The number of aryl methyl sites for hydroxylation is 1. The van der Waals surface area contributed by atoms with Crippen molar-refractivity contribution in [3.05, 3.63) is 63.6 Å². The van der Waals surface area contributed by atoms with E-state index in [2.05, 4.69) is 15.5 Å². The third kappa shape index (κ3) is 4.03. The van der Waals surface area contributed by atoms with E-state index in [-0.39, 0.29) is 29.7 Å². The predicted octanol–water partition coefficient (Wildman–Crippen LogP) is 3.73. The number of ether oxygens (including phenoxy) is 2. The SMILES string of the molecule is Cc1ccccc1CC(=O)N1CCC[C@H]1c1nnc(C(=O)Nc2ccc3c(c2)OCO3)s1. The number of carbonyl (C=O) groups excluding carboxylic acids is 2. The molecule has 0 spiro atoms. The maximum absolute atomic E-state index is 13.0. The van der Waals surface area contributed by atoms with Gasteiger partial charge in [-0.05, 0) is 43.0 Å². The molecule has 2 amide bonds. The molecular formula is C23H22N4O4S. The average molecular weight is 451 g/mol. The van der Waals surface area contributed by atoms with Crippen LogP contribution in [0.5, 0.6) is 11.5 Å². The standard InChI is InChI=1S/C23H22N4O4S/c1-14-5-2-3-6-15(14)11-20(28)27-10-4-7-17(27)22-25-26-23(32-22)21(29)24-16-8-9-18-19(12-16)31-13-30-18/h2-3,5-6,8-9,12,17H,4,7,10-11,13H2,1H3,(H,24,29)/t17-/m0/s1. The van der Waals surface area contributed by atoms with Crippen LogP contribution in [-0.2, 0) is 11.2 Å². The van der Waals surface area contributed by atoms with E-state index in [0.717, 1.165) is 24.0 Å². The quantitative estimate of drug-likeness (QED) is 0.637. The molecule has 9 heteroatoms. The third-order valence-corrected chi connectivity index (χ3v) is 6.75. The lowest BCUT2D eigenvalue weighted by Gasteiger charge is -2.23. The summed E-state index contributed by atoms with van der Waals surface area (Å²) in [5.74, 6) is 0.971. The van der Waals surface area contributed by atoms with Crippen molar-refractivity contribution in [1.29, 1.82) is 0 Å². The molecule has 0 radical (unpaired) electrons. The number of likely N-dealkylation sites (tertiary alicyclic amines) is 1. The predicted molar refractivity (Wildman–Crippen MR) is 119 cm³/mol. The maximum atomic E-state index is 13.0. The van der Waals surface area contributed by atoms with E-state index in [4.69, 9.17) is 9.47 Å². The Labute approximate surface area is 189 Å². The van der Waals surface area contributed by atoms with Gasteiger partial charge in [0.1, 0.15) is 5.01 Å². The number of benzene rings is 2. The molecule has 1 atom stereocenters. The van der Waals surface area contributed by atoms with Gasteiger partial charge in [-0.3, -0.25) is 9.59 Å². The molecule has 3 heterocycles. The van der Waals surface area contributed by atoms with Crippen molar-refractivity contribution in [1.82, 2.24) is 15.1 Å². The molecule has 8 nitrogen and oxygen atoms in total. The van der Waals surface area contributed by atoms with Gasteiger partial charge in [-0.25, -0.2) is 0 Å². The fourth-order valence-electron chi connectivity index (χ4n) is 4.01. The molecule has 0 unspecified atom stereocenters. The van der Waals surface area contributed by atoms with Crippen LogP contribution in [0.4, 0.5) is 5.69 Å². The maximum Gasteiger partial charge on any atom is 0.286 e. The number of rotatable bonds is 5. The molecule has 2 aliphatic heterocycles. The van der Waals surface area contributed by atoms with Gasteiger partial charge in [0.2, 0.25) is 17.7 Å². The number of anilines is 1. The minimum atomic E-state index is -0.344. The number of nitrogens with zero attached hydrogens (tertiary/aromatic N) is 3. The van der Waals surface area contributed by atoms with Gasteiger partial charge in [0.05, 0.1) is 12.5 Å². The summed E-state index contributed by atoms with van der Waals surface area (Å²) in [5, 5.41) is 12.1. The Morgan fingerprint density at radius 1 is 1.16 bits per heavy atom. The van der Waals surface area contributed by atoms with Crippen molar-refractivity contribution in [2.75, 3.05) is 18.7 Å². The Morgan fingerprint density at radius 3 is 2.88 bits per heavy atom. The summed E-state index contributed by atoms with van der Waals surface area (Å²) in [5.41, 5.74) is 2.73. The molecule has 5 rings (SSSR count). The average Bonchev–Trinajstić information content (AvgIpc) is 3.54. The number of amides is 2. The molecule has 1 aromatic heterocycles. The molecule has 0 saturated carbocycles. The minimum Gasteiger partial charge on any atom is -0.454 e. The second-order valence-electron chi connectivity index (χ2n) is 7.82. The highest BCUT2D eigenvalue weighted by atomic mass is 32.1. The highest BCUT2D eigenvalue weighted by Gasteiger charge is 2.33. The molecular weight excluding hydrogens is 428 g/mol. The van der Waals surface area contributed by atoms with Crippen molar-refractivity contribution < 1.29 is 19.1 Å². The van der Waals surface area contributed by atoms with Crippen LogP contribution in [0.3, 0.4) is 0 Å². The van der Waals surface area contributed by atoms with E-state index in [0.29, 0.717) is 35.2 Å². The van der Waals surface area contributed by atoms with E-state index in [1.165, 1.54) is 11.3 Å². The summed E-state index contributed by atoms with van der Waals surface area (Å²) in [6.07, 6.45) is 2.08. The first kappa shape index (κ1) is 20.4. The Morgan fingerprint density at radius 2 is 2.00 bits per heavy atom. The van der Waals surface area contributed by atoms with E-state index in [1.807, 2.05) is 36.1 Å². The summed E-state index contributed by atoms with van der Waals surface area (Å²) in [6.45, 7) is 2.88. The Balaban J connectivity index is 1.27. The zero-order valence-corrected chi connectivity index (χ0v) is 18.4. The van der Waals surface area contributed by atoms with Crippen molar-refractivity contribution in [3.8, 4) is 11.5 Å². The molecule has 2 aromatic carbocycles. The van der Waals surface area contributed by atoms with Crippen LogP contribution in [0, 0.1) is 6.92 Å². The highest BCUT2D eigenvalue weighted by Crippen LogP contribution is 2.36. The molecule has 164 valence electrons. The zero-order valence-electron chi connectivity index (χ0n) is 17.5. The number of fused-ring (bicyclic) bond motifs is 1. The highest BCUT2D eigenvalue weighted by molar-refractivity contribution is 7.13. The van der Waals surface area contributed by atoms with Gasteiger partial charge >= 0.3 is 0 Å². The van der Waals surface area contributed by atoms with Crippen LogP contribution in [0.1, 0.15) is 44.8 Å². The number of aromatic nitrogens is 2. The molecule has 1 fully saturated rings. The van der Waals surface area contributed by atoms with E-state index in [1.54, 1.807) is 18.2 Å². The number of hydrogen-bond acceptors (Lipinski definition) is 7. The van der Waals surface area contributed by atoms with Gasteiger partial charge in [0.25, 0.3) is 5.91 Å². The van der Waals surface area contributed by atoms with Crippen molar-refractivity contribution >= 4 is 28.8 Å². The van der Waals surface area contributed by atoms with Crippen molar-refractivity contribution in [2.45, 2.75) is 32.2 Å². The van der Waals surface area contributed by atoms with Gasteiger partial charge in [0.15, 0.2) is 11.5 Å². The van der Waals surface area contributed by atoms with Crippen LogP contribution >= 0.6 is 11.3 Å². The van der Waals surface area contributed by atoms with Gasteiger partial charge in [0, 0.05) is 18.3 Å².